The van der Waals surface area contributed by atoms with E-state index in [2.05, 4.69) is 57.7 Å². The summed E-state index contributed by atoms with van der Waals surface area (Å²) in [4.78, 5) is 2.53. The van der Waals surface area contributed by atoms with Gasteiger partial charge in [-0.15, -0.1) is 0 Å². The highest BCUT2D eigenvalue weighted by molar-refractivity contribution is 7.09. The largest absolute Gasteiger partial charge is 0.396 e. The lowest BCUT2D eigenvalue weighted by molar-refractivity contribution is -0.698. The Bertz CT molecular complexity index is 1080. The van der Waals surface area contributed by atoms with E-state index in [1.54, 1.807) is 22.7 Å². The molecule has 2 aromatic heterocycles. The molecule has 0 spiro atoms. The molecular formula is C28H34N2O2S2+2. The van der Waals surface area contributed by atoms with Gasteiger partial charge < -0.3 is 10.2 Å². The fraction of sp³-hybridized carbons (Fsp3) is 0.429. The molecule has 0 atom stereocenters. The molecule has 34 heavy (non-hydrogen) atoms. The molecule has 4 nitrogen and oxygen atoms in total. The minimum Gasteiger partial charge on any atom is -0.396 e. The number of rotatable bonds is 10. The smallest absolute Gasteiger partial charge is 0.225 e. The van der Waals surface area contributed by atoms with Gasteiger partial charge in [0.05, 0.1) is 9.75 Å². The van der Waals surface area contributed by atoms with Crippen LogP contribution in [-0.4, -0.2) is 23.4 Å². The number of aliphatic hydroxyl groups is 2. The van der Waals surface area contributed by atoms with Crippen LogP contribution < -0.4 is 9.13 Å². The number of hydrogen-bond donors (Lipinski definition) is 2. The van der Waals surface area contributed by atoms with Crippen molar-refractivity contribution in [2.24, 2.45) is 0 Å². The first-order chi connectivity index (χ1) is 16.6. The molecule has 0 bridgehead atoms. The summed E-state index contributed by atoms with van der Waals surface area (Å²) in [6.07, 6.45) is 5.24. The van der Waals surface area contributed by atoms with Crippen molar-refractivity contribution in [3.05, 3.63) is 67.6 Å². The lowest BCUT2D eigenvalue weighted by atomic mass is 10.1. The summed E-state index contributed by atoms with van der Waals surface area (Å²) in [5.41, 5.74) is 8.86. The van der Waals surface area contributed by atoms with Crippen LogP contribution in [0.3, 0.4) is 0 Å². The molecule has 0 radical (unpaired) electrons. The predicted molar refractivity (Wildman–Crippen MR) is 139 cm³/mol. The second-order valence-electron chi connectivity index (χ2n) is 8.19. The van der Waals surface area contributed by atoms with Gasteiger partial charge in [0, 0.05) is 76.7 Å². The van der Waals surface area contributed by atoms with Gasteiger partial charge in [-0.3, -0.25) is 0 Å². The highest BCUT2D eigenvalue weighted by Crippen LogP contribution is 2.12. The van der Waals surface area contributed by atoms with E-state index in [0.29, 0.717) is 0 Å². The molecule has 178 valence electrons. The Balaban J connectivity index is 1.39. The minimum atomic E-state index is 0.207. The van der Waals surface area contributed by atoms with Gasteiger partial charge >= 0.3 is 0 Å². The van der Waals surface area contributed by atoms with Gasteiger partial charge in [-0.1, -0.05) is 46.4 Å². The third-order valence-electron chi connectivity index (χ3n) is 5.74. The van der Waals surface area contributed by atoms with E-state index in [1.807, 2.05) is 24.3 Å². The Hall–Kier alpha value is -2.48. The number of aliphatic hydroxyl groups excluding tert-OH is 2. The van der Waals surface area contributed by atoms with Crippen molar-refractivity contribution in [2.45, 2.75) is 65.5 Å². The van der Waals surface area contributed by atoms with Crippen LogP contribution >= 0.6 is 22.7 Å². The average Bonchev–Trinajstić information content (AvgIpc) is 3.37. The number of nitrogens with zero attached hydrogens (tertiary/aromatic N) is 2. The summed E-state index contributed by atoms with van der Waals surface area (Å²) in [6.45, 7) is 6.59. The van der Waals surface area contributed by atoms with Crippen LogP contribution in [0.1, 0.15) is 58.0 Å². The van der Waals surface area contributed by atoms with E-state index in [-0.39, 0.29) is 13.2 Å². The first kappa shape index (κ1) is 26.1. The lowest BCUT2D eigenvalue weighted by Gasteiger charge is -1.95. The molecule has 6 heteroatoms. The van der Waals surface area contributed by atoms with Crippen LogP contribution in [0.15, 0.2) is 35.3 Å². The Morgan fingerprint density at radius 1 is 0.706 bits per heavy atom. The van der Waals surface area contributed by atoms with E-state index in [4.69, 9.17) is 10.2 Å². The van der Waals surface area contributed by atoms with Gasteiger partial charge in [0.1, 0.15) is 13.1 Å². The molecule has 0 aliphatic heterocycles. The summed E-state index contributed by atoms with van der Waals surface area (Å²) >= 11 is 3.44. The SMILES string of the molecule is Cc1c(CCO)sc[n+]1CCCC#Cc1ccc(C#CCCC[n+]2csc(CCO)c2C)cc1. The van der Waals surface area contributed by atoms with Crippen LogP contribution in [0.25, 0.3) is 0 Å². The molecule has 2 heterocycles. The number of benzene rings is 1. The Labute approximate surface area is 211 Å². The first-order valence-corrected chi connectivity index (χ1v) is 13.6. The molecule has 0 saturated heterocycles. The molecule has 1 aromatic carbocycles. The second kappa shape index (κ2) is 14.0. The van der Waals surface area contributed by atoms with Crippen LogP contribution in [0.4, 0.5) is 0 Å². The van der Waals surface area contributed by atoms with Crippen molar-refractivity contribution < 1.29 is 19.3 Å². The maximum atomic E-state index is 9.12. The number of aromatic nitrogens is 2. The molecule has 0 aliphatic carbocycles. The standard InChI is InChI=1S/C28H34N2O2S2/c1-23-27(15-19-31)33-21-29(23)17-7-3-5-9-25-11-13-26(14-12-25)10-6-4-8-18-30-22-34-28(16-20-32)24(30)2/h11-14,21-22,31-32H,3-4,7-8,15-20H2,1-2H3/q+2. The second-order valence-corrected chi connectivity index (χ2v) is 10.1. The molecule has 0 unspecified atom stereocenters. The maximum Gasteiger partial charge on any atom is 0.225 e. The van der Waals surface area contributed by atoms with Crippen molar-refractivity contribution in [1.29, 1.82) is 0 Å². The predicted octanol–water partition coefficient (Wildman–Crippen LogP) is 3.73. The van der Waals surface area contributed by atoms with E-state index < -0.39 is 0 Å². The van der Waals surface area contributed by atoms with Crippen LogP contribution in [-0.2, 0) is 25.9 Å². The molecular weight excluding hydrogens is 460 g/mol. The van der Waals surface area contributed by atoms with Gasteiger partial charge in [-0.25, -0.2) is 0 Å². The Kier molecular flexibility index (Phi) is 10.8. The van der Waals surface area contributed by atoms with Crippen molar-refractivity contribution in [2.75, 3.05) is 13.2 Å². The number of aryl methyl sites for hydroxylation is 2. The molecule has 3 aromatic rings. The fourth-order valence-electron chi connectivity index (χ4n) is 3.67. The van der Waals surface area contributed by atoms with Crippen LogP contribution in [0.2, 0.25) is 0 Å². The van der Waals surface area contributed by atoms with Crippen molar-refractivity contribution in [1.82, 2.24) is 0 Å². The highest BCUT2D eigenvalue weighted by atomic mass is 32.1. The van der Waals surface area contributed by atoms with Crippen molar-refractivity contribution in [3.8, 4) is 23.7 Å². The maximum absolute atomic E-state index is 9.12. The quantitative estimate of drug-likeness (QED) is 0.256. The topological polar surface area (TPSA) is 48.2 Å². The number of hydrogen-bond acceptors (Lipinski definition) is 4. The van der Waals surface area contributed by atoms with E-state index >= 15 is 0 Å². The van der Waals surface area contributed by atoms with E-state index in [0.717, 1.165) is 62.7 Å². The van der Waals surface area contributed by atoms with Crippen molar-refractivity contribution in [3.63, 3.8) is 0 Å². The fourth-order valence-corrected chi connectivity index (χ4v) is 5.70. The molecule has 3 rings (SSSR count). The van der Waals surface area contributed by atoms with Gasteiger partial charge in [-0.05, 0) is 24.3 Å². The third kappa shape index (κ3) is 7.79. The lowest BCUT2D eigenvalue weighted by Crippen LogP contribution is -2.34. The summed E-state index contributed by atoms with van der Waals surface area (Å²) in [5, 5.41) is 18.2. The van der Waals surface area contributed by atoms with E-state index in [1.165, 1.54) is 21.1 Å². The first-order valence-electron chi connectivity index (χ1n) is 11.8. The zero-order chi connectivity index (χ0) is 24.2. The van der Waals surface area contributed by atoms with E-state index in [9.17, 15) is 0 Å². The third-order valence-corrected chi connectivity index (χ3v) is 8.03. The summed E-state index contributed by atoms with van der Waals surface area (Å²) in [6, 6.07) is 8.18. The normalized spacial score (nSPS) is 10.5. The van der Waals surface area contributed by atoms with Gasteiger partial charge in [0.15, 0.2) is 11.4 Å². The molecule has 0 aliphatic rings. The zero-order valence-corrected chi connectivity index (χ0v) is 21.8. The summed E-state index contributed by atoms with van der Waals surface area (Å²) in [5.74, 6) is 13.1. The number of unbranched alkanes of at least 4 members (excludes halogenated alkanes) is 2. The zero-order valence-electron chi connectivity index (χ0n) is 20.1. The van der Waals surface area contributed by atoms with Gasteiger partial charge in [0.2, 0.25) is 11.0 Å². The Morgan fingerprint density at radius 3 is 1.50 bits per heavy atom. The van der Waals surface area contributed by atoms with Crippen LogP contribution in [0.5, 0.6) is 0 Å². The average molecular weight is 495 g/mol. The monoisotopic (exact) mass is 494 g/mol. The van der Waals surface area contributed by atoms with Gasteiger partial charge in [0.25, 0.3) is 0 Å². The highest BCUT2D eigenvalue weighted by Gasteiger charge is 2.14. The summed E-state index contributed by atoms with van der Waals surface area (Å²) in [7, 11) is 0. The Morgan fingerprint density at radius 2 is 1.12 bits per heavy atom. The number of thiazole rings is 2. The van der Waals surface area contributed by atoms with Gasteiger partial charge in [-0.2, -0.15) is 9.13 Å². The molecule has 0 amide bonds. The molecule has 2 N–H and O–H groups in total. The molecule has 0 saturated carbocycles. The minimum absolute atomic E-state index is 0.207. The molecule has 0 fully saturated rings. The van der Waals surface area contributed by atoms with Crippen LogP contribution in [0, 0.1) is 37.5 Å². The summed E-state index contributed by atoms with van der Waals surface area (Å²) < 4.78 is 4.53. The van der Waals surface area contributed by atoms with Crippen molar-refractivity contribution >= 4 is 22.7 Å².